The van der Waals surface area contributed by atoms with Crippen molar-refractivity contribution in [3.63, 3.8) is 0 Å². The monoisotopic (exact) mass is 334 g/mol. The molecule has 0 saturated carbocycles. The molecule has 0 aromatic heterocycles. The summed E-state index contributed by atoms with van der Waals surface area (Å²) >= 11 is 9.52. The molecule has 0 atom stereocenters. The van der Waals surface area contributed by atoms with Gasteiger partial charge in [-0.3, -0.25) is 0 Å². The summed E-state index contributed by atoms with van der Waals surface area (Å²) in [6.45, 7) is 1.46. The van der Waals surface area contributed by atoms with E-state index in [9.17, 15) is 0 Å². The number of rotatable bonds is 4. The minimum Gasteiger partial charge on any atom is -0.309 e. The molecule has 0 unspecified atom stereocenters. The molecule has 1 N–H and O–H groups in total. The lowest BCUT2D eigenvalue weighted by molar-refractivity contribution is 0.693. The van der Waals surface area contributed by atoms with E-state index < -0.39 is 0 Å². The lowest BCUT2D eigenvalue weighted by Crippen LogP contribution is -2.12. The third kappa shape index (κ3) is 4.07. The summed E-state index contributed by atoms with van der Waals surface area (Å²) < 4.78 is 1.08. The van der Waals surface area contributed by atoms with Crippen molar-refractivity contribution in [2.45, 2.75) is 13.1 Å². The molecule has 2 nitrogen and oxygen atoms in total. The van der Waals surface area contributed by atoms with E-state index in [1.807, 2.05) is 18.2 Å². The fourth-order valence-corrected chi connectivity index (χ4v) is 2.22. The lowest BCUT2D eigenvalue weighted by atomic mass is 10.1. The molecule has 0 aliphatic rings. The second kappa shape index (κ2) is 6.72. The highest BCUT2D eigenvalue weighted by Gasteiger charge is 2.01. The van der Waals surface area contributed by atoms with Gasteiger partial charge in [0.15, 0.2) is 0 Å². The number of hydrogen-bond donors (Lipinski definition) is 1. The van der Waals surface area contributed by atoms with Crippen molar-refractivity contribution >= 4 is 27.5 Å². The van der Waals surface area contributed by atoms with Gasteiger partial charge in [0.25, 0.3) is 0 Å². The Hall–Kier alpha value is -1.34. The number of halogens is 2. The molecule has 0 spiro atoms. The van der Waals surface area contributed by atoms with Gasteiger partial charge in [-0.15, -0.1) is 0 Å². The van der Waals surface area contributed by atoms with E-state index >= 15 is 0 Å². The van der Waals surface area contributed by atoms with Gasteiger partial charge in [-0.25, -0.2) is 0 Å². The van der Waals surface area contributed by atoms with Gasteiger partial charge in [-0.05, 0) is 35.4 Å². The van der Waals surface area contributed by atoms with Gasteiger partial charge >= 0.3 is 0 Å². The van der Waals surface area contributed by atoms with Crippen LogP contribution in [0.3, 0.4) is 0 Å². The third-order valence-electron chi connectivity index (χ3n) is 2.74. The van der Waals surface area contributed by atoms with Gasteiger partial charge < -0.3 is 5.32 Å². The van der Waals surface area contributed by atoms with Crippen LogP contribution in [0, 0.1) is 11.3 Å². The first-order chi connectivity index (χ1) is 9.19. The molecule has 0 saturated heterocycles. The first-order valence-electron chi connectivity index (χ1n) is 5.83. The van der Waals surface area contributed by atoms with Crippen molar-refractivity contribution in [2.24, 2.45) is 0 Å². The third-order valence-corrected chi connectivity index (χ3v) is 3.62. The van der Waals surface area contributed by atoms with Crippen LogP contribution in [0.5, 0.6) is 0 Å². The van der Waals surface area contributed by atoms with Gasteiger partial charge in [-0.2, -0.15) is 5.26 Å². The Labute approximate surface area is 126 Å². The number of nitrogens with one attached hydrogen (secondary N) is 1. The highest BCUT2D eigenvalue weighted by molar-refractivity contribution is 9.10. The smallest absolute Gasteiger partial charge is 0.0992 e. The Bertz CT molecular complexity index is 603. The predicted molar refractivity (Wildman–Crippen MR) is 80.9 cm³/mol. The summed E-state index contributed by atoms with van der Waals surface area (Å²) in [6, 6.07) is 15.6. The normalized spacial score (nSPS) is 10.2. The predicted octanol–water partition coefficient (Wildman–Crippen LogP) is 4.26. The minimum atomic E-state index is 0.585. The van der Waals surface area contributed by atoms with Crippen LogP contribution in [0.15, 0.2) is 46.9 Å². The summed E-state index contributed by atoms with van der Waals surface area (Å²) in [5.41, 5.74) is 2.80. The second-order valence-electron chi connectivity index (χ2n) is 4.15. The molecular formula is C15H12BrClN2. The Balaban J connectivity index is 1.92. The number of benzene rings is 2. The zero-order chi connectivity index (χ0) is 13.7. The highest BCUT2D eigenvalue weighted by Crippen LogP contribution is 2.17. The maximum Gasteiger partial charge on any atom is 0.0992 e. The van der Waals surface area contributed by atoms with E-state index in [-0.39, 0.29) is 0 Å². The Kier molecular flexibility index (Phi) is 4.98. The van der Waals surface area contributed by atoms with Crippen LogP contribution in [0.1, 0.15) is 16.7 Å². The molecule has 2 aromatic carbocycles. The molecular weight excluding hydrogens is 324 g/mol. The van der Waals surface area contributed by atoms with Crippen LogP contribution in [0.25, 0.3) is 0 Å². The van der Waals surface area contributed by atoms with E-state index in [4.69, 9.17) is 16.9 Å². The summed E-state index contributed by atoms with van der Waals surface area (Å²) in [4.78, 5) is 0. The van der Waals surface area contributed by atoms with Crippen molar-refractivity contribution in [3.8, 4) is 6.07 Å². The van der Waals surface area contributed by atoms with Gasteiger partial charge in [0.1, 0.15) is 0 Å². The molecule has 0 bridgehead atoms. The second-order valence-corrected chi connectivity index (χ2v) is 5.47. The Morgan fingerprint density at radius 2 is 1.84 bits per heavy atom. The average molecular weight is 336 g/mol. The van der Waals surface area contributed by atoms with Crippen molar-refractivity contribution in [2.75, 3.05) is 0 Å². The van der Waals surface area contributed by atoms with E-state index in [1.165, 1.54) is 5.56 Å². The fourth-order valence-electron chi connectivity index (χ4n) is 1.70. The van der Waals surface area contributed by atoms with E-state index in [1.54, 1.807) is 12.1 Å². The van der Waals surface area contributed by atoms with E-state index in [0.29, 0.717) is 17.1 Å². The summed E-state index contributed by atoms with van der Waals surface area (Å²) in [7, 11) is 0. The zero-order valence-corrected chi connectivity index (χ0v) is 12.5. The Morgan fingerprint density at radius 1 is 1.11 bits per heavy atom. The molecule has 0 aliphatic carbocycles. The lowest BCUT2D eigenvalue weighted by Gasteiger charge is -2.07. The van der Waals surface area contributed by atoms with Crippen molar-refractivity contribution in [1.29, 1.82) is 5.26 Å². The van der Waals surface area contributed by atoms with Crippen LogP contribution in [0.4, 0.5) is 0 Å². The van der Waals surface area contributed by atoms with Crippen LogP contribution < -0.4 is 5.32 Å². The van der Waals surface area contributed by atoms with Gasteiger partial charge in [0.05, 0.1) is 11.6 Å². The fraction of sp³-hybridized carbons (Fsp3) is 0.133. The van der Waals surface area contributed by atoms with Crippen LogP contribution in [0.2, 0.25) is 5.02 Å². The van der Waals surface area contributed by atoms with Gasteiger partial charge in [-0.1, -0.05) is 45.7 Å². The minimum absolute atomic E-state index is 0.585. The molecule has 96 valence electrons. The molecule has 0 radical (unpaired) electrons. The van der Waals surface area contributed by atoms with E-state index in [2.05, 4.69) is 39.4 Å². The van der Waals surface area contributed by atoms with Crippen molar-refractivity contribution in [3.05, 3.63) is 68.7 Å². The van der Waals surface area contributed by atoms with Gasteiger partial charge in [0, 0.05) is 22.6 Å². The summed E-state index contributed by atoms with van der Waals surface area (Å²) in [5.74, 6) is 0. The molecule has 2 rings (SSSR count). The molecule has 0 amide bonds. The Morgan fingerprint density at radius 3 is 2.47 bits per heavy atom. The SMILES string of the molecule is N#Cc1ccc(CNCc2ccc(Br)cc2)c(Cl)c1. The number of nitrogens with zero attached hydrogens (tertiary/aromatic N) is 1. The van der Waals surface area contributed by atoms with Gasteiger partial charge in [0.2, 0.25) is 0 Å². The molecule has 19 heavy (non-hydrogen) atoms. The zero-order valence-electron chi connectivity index (χ0n) is 10.2. The molecule has 2 aromatic rings. The average Bonchev–Trinajstić information content (AvgIpc) is 2.42. The largest absolute Gasteiger partial charge is 0.309 e. The molecule has 0 heterocycles. The maximum atomic E-state index is 8.77. The van der Waals surface area contributed by atoms with Crippen LogP contribution >= 0.6 is 27.5 Å². The first kappa shape index (κ1) is 14.1. The standard InChI is InChI=1S/C15H12BrClN2/c16-14-5-2-11(3-6-14)9-19-10-13-4-1-12(8-18)7-15(13)17/h1-7,19H,9-10H2. The number of nitriles is 1. The van der Waals surface area contributed by atoms with E-state index in [0.717, 1.165) is 16.6 Å². The maximum absolute atomic E-state index is 8.77. The van der Waals surface area contributed by atoms with Crippen LogP contribution in [-0.2, 0) is 13.1 Å². The number of hydrogen-bond acceptors (Lipinski definition) is 2. The van der Waals surface area contributed by atoms with Crippen molar-refractivity contribution in [1.82, 2.24) is 5.32 Å². The molecule has 0 aliphatic heterocycles. The first-order valence-corrected chi connectivity index (χ1v) is 7.00. The topological polar surface area (TPSA) is 35.8 Å². The summed E-state index contributed by atoms with van der Waals surface area (Å²) in [5, 5.41) is 12.7. The molecule has 4 heteroatoms. The summed E-state index contributed by atoms with van der Waals surface area (Å²) in [6.07, 6.45) is 0. The highest BCUT2D eigenvalue weighted by atomic mass is 79.9. The quantitative estimate of drug-likeness (QED) is 0.906. The van der Waals surface area contributed by atoms with Crippen molar-refractivity contribution < 1.29 is 0 Å². The molecule has 0 fully saturated rings. The van der Waals surface area contributed by atoms with Crippen LogP contribution in [-0.4, -0.2) is 0 Å².